The molecule has 8 heteroatoms. The molecule has 1 unspecified atom stereocenters. The van der Waals surface area contributed by atoms with Crippen LogP contribution in [0, 0.1) is 5.95 Å². The van der Waals surface area contributed by atoms with Gasteiger partial charge in [0, 0.05) is 52.1 Å². The maximum Gasteiger partial charge on any atom is 0.212 e. The van der Waals surface area contributed by atoms with E-state index in [4.69, 9.17) is 4.52 Å². The van der Waals surface area contributed by atoms with E-state index < -0.39 is 23.5 Å². The van der Waals surface area contributed by atoms with Gasteiger partial charge in [-0.2, -0.15) is 4.39 Å². The molecule has 0 amide bonds. The Bertz CT molecular complexity index is 1270. The van der Waals surface area contributed by atoms with Crippen molar-refractivity contribution in [2.75, 3.05) is 0 Å². The number of hydrogen-bond acceptors (Lipinski definition) is 4. The third kappa shape index (κ3) is 2.93. The first-order valence-electron chi connectivity index (χ1n) is 8.87. The van der Waals surface area contributed by atoms with Gasteiger partial charge in [0.1, 0.15) is 11.5 Å². The number of hydrogen-bond donors (Lipinski definition) is 1. The van der Waals surface area contributed by atoms with Crippen molar-refractivity contribution in [3.8, 4) is 22.5 Å². The molecular weight excluding hydrogens is 381 g/mol. The first-order chi connectivity index (χ1) is 14.1. The predicted molar refractivity (Wildman–Crippen MR) is 101 cm³/mol. The summed E-state index contributed by atoms with van der Waals surface area (Å²) in [5.74, 6) is -2.76. The van der Waals surface area contributed by atoms with Gasteiger partial charge in [-0.25, -0.2) is 18.7 Å². The lowest BCUT2D eigenvalue weighted by Gasteiger charge is -2.15. The van der Waals surface area contributed by atoms with Crippen molar-refractivity contribution >= 4 is 11.0 Å². The highest BCUT2D eigenvalue weighted by Gasteiger charge is 2.28. The second-order valence-electron chi connectivity index (χ2n) is 6.69. The van der Waals surface area contributed by atoms with Gasteiger partial charge in [-0.05, 0) is 30.7 Å². The Balaban J connectivity index is 1.62. The molecule has 0 aromatic carbocycles. The molecule has 0 fully saturated rings. The minimum atomic E-state index is -0.889. The zero-order chi connectivity index (χ0) is 20.0. The van der Waals surface area contributed by atoms with E-state index in [1.807, 2.05) is 6.07 Å². The molecule has 0 spiro atoms. The molecule has 1 aliphatic carbocycles. The van der Waals surface area contributed by atoms with E-state index in [0.29, 0.717) is 39.9 Å². The number of allylic oxidation sites excluding steroid dienone is 4. The van der Waals surface area contributed by atoms with Crippen LogP contribution >= 0.6 is 0 Å². The van der Waals surface area contributed by atoms with Crippen LogP contribution < -0.4 is 0 Å². The van der Waals surface area contributed by atoms with E-state index in [0.717, 1.165) is 11.6 Å². The van der Waals surface area contributed by atoms with Crippen molar-refractivity contribution in [3.05, 3.63) is 78.3 Å². The largest absolute Gasteiger partial charge is 0.356 e. The van der Waals surface area contributed by atoms with Crippen LogP contribution in [-0.2, 0) is 0 Å². The Hall–Kier alpha value is -3.68. The van der Waals surface area contributed by atoms with Crippen LogP contribution in [0.15, 0.2) is 71.3 Å². The Morgan fingerprint density at radius 3 is 2.72 bits per heavy atom. The van der Waals surface area contributed by atoms with Crippen LogP contribution in [0.5, 0.6) is 0 Å². The number of aromatic amines is 1. The molecule has 1 aliphatic rings. The fraction of sp³-hybridized carbons (Fsp3) is 0.0952. The lowest BCUT2D eigenvalue weighted by atomic mass is 9.90. The van der Waals surface area contributed by atoms with Gasteiger partial charge in [-0.15, -0.1) is 0 Å². The maximum atomic E-state index is 14.4. The minimum absolute atomic E-state index is 0.306. The Morgan fingerprint density at radius 2 is 1.90 bits per heavy atom. The number of rotatable bonds is 3. The average molecular weight is 394 g/mol. The van der Waals surface area contributed by atoms with Crippen molar-refractivity contribution in [3.63, 3.8) is 0 Å². The zero-order valence-electron chi connectivity index (χ0n) is 14.9. The van der Waals surface area contributed by atoms with Crippen molar-refractivity contribution in [2.45, 2.75) is 12.3 Å². The highest BCUT2D eigenvalue weighted by Crippen LogP contribution is 2.42. The topological polar surface area (TPSA) is 67.6 Å². The van der Waals surface area contributed by atoms with Crippen LogP contribution in [0.4, 0.5) is 13.2 Å². The molecule has 5 rings (SSSR count). The summed E-state index contributed by atoms with van der Waals surface area (Å²) in [7, 11) is 0. The van der Waals surface area contributed by atoms with Crippen LogP contribution in [0.25, 0.3) is 33.5 Å². The van der Waals surface area contributed by atoms with E-state index >= 15 is 0 Å². The van der Waals surface area contributed by atoms with Crippen LogP contribution in [0.2, 0.25) is 0 Å². The van der Waals surface area contributed by atoms with Crippen LogP contribution in [-0.4, -0.2) is 20.1 Å². The number of halogens is 3. The molecule has 0 saturated carbocycles. The van der Waals surface area contributed by atoms with Crippen molar-refractivity contribution in [1.29, 1.82) is 0 Å². The second-order valence-corrected chi connectivity index (χ2v) is 6.69. The number of nitrogens with zero attached hydrogens (tertiary/aromatic N) is 3. The van der Waals surface area contributed by atoms with Gasteiger partial charge >= 0.3 is 0 Å². The number of aromatic nitrogens is 4. The normalized spacial score (nSPS) is 16.7. The number of H-pyrrole nitrogens is 1. The first kappa shape index (κ1) is 17.4. The smallest absolute Gasteiger partial charge is 0.212 e. The maximum absolute atomic E-state index is 14.4. The van der Waals surface area contributed by atoms with Crippen LogP contribution in [0.1, 0.15) is 17.9 Å². The molecule has 0 aliphatic heterocycles. The zero-order valence-corrected chi connectivity index (χ0v) is 14.9. The summed E-state index contributed by atoms with van der Waals surface area (Å²) in [6.45, 7) is 0. The van der Waals surface area contributed by atoms with Gasteiger partial charge < -0.3 is 9.51 Å². The van der Waals surface area contributed by atoms with Gasteiger partial charge in [0.2, 0.25) is 5.95 Å². The minimum Gasteiger partial charge on any atom is -0.356 e. The van der Waals surface area contributed by atoms with Crippen molar-refractivity contribution in [1.82, 2.24) is 20.1 Å². The fourth-order valence-electron chi connectivity index (χ4n) is 3.52. The highest BCUT2D eigenvalue weighted by atomic mass is 19.2. The average Bonchev–Trinajstić information content (AvgIpc) is 3.36. The molecule has 0 saturated heterocycles. The van der Waals surface area contributed by atoms with Gasteiger partial charge in [0.05, 0.1) is 6.20 Å². The molecule has 4 aromatic heterocycles. The molecule has 4 aromatic rings. The van der Waals surface area contributed by atoms with E-state index in [-0.39, 0.29) is 0 Å². The molecular formula is C21H13F3N4O. The summed E-state index contributed by atoms with van der Waals surface area (Å²) in [5.41, 5.74) is 3.09. The molecule has 0 bridgehead atoms. The lowest BCUT2D eigenvalue weighted by molar-refractivity contribution is 0.430. The SMILES string of the molecule is FC1=C(F)C(c2cnoc2-c2c[nH]c3ncc(-c4ccc(F)nc4)cc23)CC=C1. The molecule has 4 heterocycles. The quantitative estimate of drug-likeness (QED) is 0.459. The third-order valence-corrected chi connectivity index (χ3v) is 4.98. The van der Waals surface area contributed by atoms with Gasteiger partial charge in [0.25, 0.3) is 0 Å². The molecule has 144 valence electrons. The van der Waals surface area contributed by atoms with Crippen molar-refractivity contribution in [2.24, 2.45) is 0 Å². The number of fused-ring (bicyclic) bond motifs is 1. The molecule has 5 nitrogen and oxygen atoms in total. The van der Waals surface area contributed by atoms with E-state index in [1.54, 1.807) is 24.5 Å². The molecule has 1 N–H and O–H groups in total. The summed E-state index contributed by atoms with van der Waals surface area (Å²) in [6.07, 6.45) is 9.16. The Kier molecular flexibility index (Phi) is 4.04. The van der Waals surface area contributed by atoms with E-state index in [9.17, 15) is 13.2 Å². The Labute approximate surface area is 162 Å². The molecule has 1 atom stereocenters. The second kappa shape index (κ2) is 6.73. The number of pyridine rings is 2. The summed E-state index contributed by atoms with van der Waals surface area (Å²) >= 11 is 0. The standard InChI is InChI=1S/C21H13F3N4O/c22-17-3-1-2-13(19(17)24)16-10-28-29-20(16)15-9-27-21-14(15)6-12(8-26-21)11-4-5-18(23)25-7-11/h1,3-10,13H,2H2,(H,26,27). The lowest BCUT2D eigenvalue weighted by Crippen LogP contribution is -2.03. The van der Waals surface area contributed by atoms with Gasteiger partial charge in [0.15, 0.2) is 11.6 Å². The first-order valence-corrected chi connectivity index (χ1v) is 8.87. The summed E-state index contributed by atoms with van der Waals surface area (Å²) in [4.78, 5) is 11.1. The predicted octanol–water partition coefficient (Wildman–Crippen LogP) is 5.61. The third-order valence-electron chi connectivity index (χ3n) is 4.98. The van der Waals surface area contributed by atoms with Crippen LogP contribution in [0.3, 0.4) is 0 Å². The fourth-order valence-corrected chi connectivity index (χ4v) is 3.52. The van der Waals surface area contributed by atoms with Gasteiger partial charge in [-0.1, -0.05) is 11.2 Å². The van der Waals surface area contributed by atoms with Gasteiger partial charge in [-0.3, -0.25) is 0 Å². The number of nitrogens with one attached hydrogen (secondary N) is 1. The summed E-state index contributed by atoms with van der Waals surface area (Å²) < 4.78 is 46.7. The van der Waals surface area contributed by atoms with Crippen molar-refractivity contribution < 1.29 is 17.7 Å². The summed E-state index contributed by atoms with van der Waals surface area (Å²) in [6, 6.07) is 4.73. The molecule has 29 heavy (non-hydrogen) atoms. The van der Waals surface area contributed by atoms with E-state index in [1.165, 1.54) is 18.5 Å². The Morgan fingerprint density at radius 1 is 1.03 bits per heavy atom. The monoisotopic (exact) mass is 394 g/mol. The van der Waals surface area contributed by atoms with E-state index in [2.05, 4.69) is 20.1 Å². The molecule has 0 radical (unpaired) electrons. The highest BCUT2D eigenvalue weighted by molar-refractivity contribution is 5.95. The summed E-state index contributed by atoms with van der Waals surface area (Å²) in [5, 5.41) is 4.52.